The van der Waals surface area contributed by atoms with E-state index >= 15 is 0 Å². The van der Waals surface area contributed by atoms with Crippen molar-refractivity contribution in [2.24, 2.45) is 0 Å². The number of nitro groups is 1. The molecular weight excluding hydrogens is 163 g/mol. The van der Waals surface area contributed by atoms with E-state index in [1.54, 1.807) is 0 Å². The van der Waals surface area contributed by atoms with Crippen molar-refractivity contribution in [1.29, 1.82) is 0 Å². The Morgan fingerprint density at radius 2 is 2.09 bits per heavy atom. The molecule has 0 amide bonds. The van der Waals surface area contributed by atoms with Crippen LogP contribution < -0.4 is 0 Å². The van der Waals surface area contributed by atoms with Crippen molar-refractivity contribution in [3.05, 3.63) is 21.9 Å². The van der Waals surface area contributed by atoms with Crippen molar-refractivity contribution in [3.63, 3.8) is 0 Å². The summed E-state index contributed by atoms with van der Waals surface area (Å²) in [6.45, 7) is 1.29. The Morgan fingerprint density at radius 3 is 2.18 bits per heavy atom. The van der Waals surface area contributed by atoms with E-state index in [0.29, 0.717) is 0 Å². The molecule has 0 aliphatic rings. The molecule has 3 nitrogen and oxygen atoms in total. The first-order valence-corrected chi connectivity index (χ1v) is 2.79. The maximum atomic E-state index is 11.5. The summed E-state index contributed by atoms with van der Waals surface area (Å²) in [5, 5.41) is 9.85. The molecule has 0 saturated carbocycles. The van der Waals surface area contributed by atoms with Crippen LogP contribution in [0.3, 0.4) is 0 Å². The smallest absolute Gasteiger partial charge is 0.259 e. The van der Waals surface area contributed by atoms with Crippen LogP contribution in [0.15, 0.2) is 11.8 Å². The molecule has 0 fully saturated rings. The molecule has 0 aromatic carbocycles. The summed E-state index contributed by atoms with van der Waals surface area (Å²) in [5.74, 6) is 0. The standard InChI is InChI=1S/C5H6F3NO2/c1-2-4(9(10)11)3-5(6,7)8/h3H,2H2,1H3/b4-3-. The van der Waals surface area contributed by atoms with Crippen molar-refractivity contribution in [2.75, 3.05) is 0 Å². The molecule has 0 unspecified atom stereocenters. The fourth-order valence-corrected chi connectivity index (χ4v) is 0.473. The summed E-state index contributed by atoms with van der Waals surface area (Å²) in [7, 11) is 0. The number of allylic oxidation sites excluding steroid dienone is 2. The highest BCUT2D eigenvalue weighted by atomic mass is 19.4. The Morgan fingerprint density at radius 1 is 1.64 bits per heavy atom. The zero-order chi connectivity index (χ0) is 9.07. The van der Waals surface area contributed by atoms with Crippen LogP contribution in [0.2, 0.25) is 0 Å². The average molecular weight is 169 g/mol. The number of hydrogen-bond donors (Lipinski definition) is 0. The average Bonchev–Trinajstić information content (AvgIpc) is 1.80. The van der Waals surface area contributed by atoms with Gasteiger partial charge in [-0.1, -0.05) is 6.92 Å². The molecule has 0 radical (unpaired) electrons. The van der Waals surface area contributed by atoms with Crippen molar-refractivity contribution >= 4 is 0 Å². The molecule has 0 aromatic heterocycles. The van der Waals surface area contributed by atoms with Crippen molar-refractivity contribution < 1.29 is 18.1 Å². The van der Waals surface area contributed by atoms with E-state index in [9.17, 15) is 23.3 Å². The van der Waals surface area contributed by atoms with Crippen molar-refractivity contribution in [1.82, 2.24) is 0 Å². The van der Waals surface area contributed by atoms with Gasteiger partial charge in [0.15, 0.2) is 0 Å². The SMILES string of the molecule is CC/C(=C/C(F)(F)F)[N+](=O)[O-]. The van der Waals surface area contributed by atoms with Gasteiger partial charge in [0.2, 0.25) is 0 Å². The van der Waals surface area contributed by atoms with E-state index in [4.69, 9.17) is 0 Å². The van der Waals surface area contributed by atoms with Gasteiger partial charge in [0, 0.05) is 6.42 Å². The van der Waals surface area contributed by atoms with Crippen molar-refractivity contribution in [3.8, 4) is 0 Å². The molecule has 0 atom stereocenters. The summed E-state index contributed by atoms with van der Waals surface area (Å²) < 4.78 is 34.4. The minimum absolute atomic E-state index is 0.230. The van der Waals surface area contributed by atoms with Gasteiger partial charge in [0.25, 0.3) is 5.70 Å². The number of halogens is 3. The van der Waals surface area contributed by atoms with Gasteiger partial charge >= 0.3 is 6.18 Å². The molecule has 0 saturated heterocycles. The molecule has 6 heteroatoms. The highest BCUT2D eigenvalue weighted by molar-refractivity contribution is 4.95. The number of alkyl halides is 3. The molecule has 64 valence electrons. The maximum Gasteiger partial charge on any atom is 0.415 e. The van der Waals surface area contributed by atoms with Crippen LogP contribution in [0.4, 0.5) is 13.2 Å². The zero-order valence-corrected chi connectivity index (χ0v) is 5.68. The largest absolute Gasteiger partial charge is 0.415 e. The van der Waals surface area contributed by atoms with Gasteiger partial charge in [0.1, 0.15) is 0 Å². The zero-order valence-electron chi connectivity index (χ0n) is 5.68. The Kier molecular flexibility index (Phi) is 3.03. The third kappa shape index (κ3) is 4.35. The quantitative estimate of drug-likeness (QED) is 0.469. The number of rotatable bonds is 2. The van der Waals surface area contributed by atoms with E-state index in [-0.39, 0.29) is 12.5 Å². The first-order valence-electron chi connectivity index (χ1n) is 2.79. The second-order valence-electron chi connectivity index (χ2n) is 1.79. The molecule has 0 heterocycles. The molecule has 0 rings (SSSR count). The third-order valence-corrected chi connectivity index (χ3v) is 0.927. The van der Waals surface area contributed by atoms with Crippen LogP contribution in [0.5, 0.6) is 0 Å². The minimum atomic E-state index is -4.60. The second kappa shape index (κ2) is 3.36. The highest BCUT2D eigenvalue weighted by Gasteiger charge is 2.28. The maximum absolute atomic E-state index is 11.5. The van der Waals surface area contributed by atoms with Crippen LogP contribution in [0, 0.1) is 10.1 Å². The van der Waals surface area contributed by atoms with E-state index in [0.717, 1.165) is 0 Å². The highest BCUT2D eigenvalue weighted by Crippen LogP contribution is 2.19. The van der Waals surface area contributed by atoms with Crippen LogP contribution in [-0.4, -0.2) is 11.1 Å². The lowest BCUT2D eigenvalue weighted by molar-refractivity contribution is -0.429. The first-order chi connectivity index (χ1) is 4.87. The Labute approximate surface area is 60.7 Å². The number of hydrogen-bond acceptors (Lipinski definition) is 2. The van der Waals surface area contributed by atoms with Crippen LogP contribution in [-0.2, 0) is 0 Å². The van der Waals surface area contributed by atoms with Gasteiger partial charge in [-0.15, -0.1) is 0 Å². The molecular formula is C5H6F3NO2. The van der Waals surface area contributed by atoms with Crippen molar-refractivity contribution in [2.45, 2.75) is 19.5 Å². The second-order valence-corrected chi connectivity index (χ2v) is 1.79. The summed E-state index contributed by atoms with van der Waals surface area (Å²) >= 11 is 0. The van der Waals surface area contributed by atoms with Gasteiger partial charge < -0.3 is 0 Å². The van der Waals surface area contributed by atoms with E-state index in [1.807, 2.05) is 0 Å². The molecule has 11 heavy (non-hydrogen) atoms. The topological polar surface area (TPSA) is 43.1 Å². The lowest BCUT2D eigenvalue weighted by Crippen LogP contribution is -2.07. The van der Waals surface area contributed by atoms with Crippen LogP contribution in [0.1, 0.15) is 13.3 Å². The molecule has 0 aliphatic carbocycles. The summed E-state index contributed by atoms with van der Waals surface area (Å²) in [6, 6.07) is 0. The minimum Gasteiger partial charge on any atom is -0.259 e. The van der Waals surface area contributed by atoms with E-state index in [1.165, 1.54) is 6.92 Å². The monoisotopic (exact) mass is 169 g/mol. The van der Waals surface area contributed by atoms with Gasteiger partial charge in [0.05, 0.1) is 11.0 Å². The Bertz CT molecular complexity index is 185. The normalized spacial score (nSPS) is 13.3. The van der Waals surface area contributed by atoms with Gasteiger partial charge in [-0.2, -0.15) is 13.2 Å². The molecule has 0 spiro atoms. The third-order valence-electron chi connectivity index (χ3n) is 0.927. The molecule has 0 bridgehead atoms. The lowest BCUT2D eigenvalue weighted by Gasteiger charge is -1.98. The Balaban J connectivity index is 4.49. The molecule has 0 N–H and O–H groups in total. The van der Waals surface area contributed by atoms with Gasteiger partial charge in [-0.3, -0.25) is 10.1 Å². The predicted molar refractivity (Wildman–Crippen MR) is 31.4 cm³/mol. The molecule has 0 aliphatic heterocycles. The first kappa shape index (κ1) is 9.93. The number of nitrogens with zero attached hydrogens (tertiary/aromatic N) is 1. The van der Waals surface area contributed by atoms with Crippen LogP contribution in [0.25, 0.3) is 0 Å². The summed E-state index contributed by atoms with van der Waals surface area (Å²) in [6.07, 6.45) is -5.13. The van der Waals surface area contributed by atoms with E-state index < -0.39 is 16.8 Å². The Hall–Kier alpha value is -1.07. The fraction of sp³-hybridized carbons (Fsp3) is 0.600. The fourth-order valence-electron chi connectivity index (χ4n) is 0.473. The van der Waals surface area contributed by atoms with Crippen LogP contribution >= 0.6 is 0 Å². The summed E-state index contributed by atoms with van der Waals surface area (Å²) in [5.41, 5.74) is -0.822. The van der Waals surface area contributed by atoms with E-state index in [2.05, 4.69) is 0 Å². The predicted octanol–water partition coefficient (Wildman–Crippen LogP) is 2.12. The van der Waals surface area contributed by atoms with Gasteiger partial charge in [-0.25, -0.2) is 0 Å². The van der Waals surface area contributed by atoms with Gasteiger partial charge in [-0.05, 0) is 0 Å². The molecule has 0 aromatic rings. The lowest BCUT2D eigenvalue weighted by atomic mass is 10.3. The summed E-state index contributed by atoms with van der Waals surface area (Å²) in [4.78, 5) is 8.81.